The molecule has 1 aliphatic rings. The Morgan fingerprint density at radius 1 is 1.12 bits per heavy atom. The van der Waals surface area contributed by atoms with Crippen molar-refractivity contribution in [2.45, 2.75) is 46.5 Å². The molecule has 138 valence electrons. The third-order valence-corrected chi connectivity index (χ3v) is 4.31. The van der Waals surface area contributed by atoms with Crippen molar-refractivity contribution in [3.05, 3.63) is 29.3 Å². The number of ether oxygens (including phenoxy) is 2. The Labute approximate surface area is 151 Å². The van der Waals surface area contributed by atoms with Gasteiger partial charge < -0.3 is 9.47 Å². The second-order valence-corrected chi connectivity index (χ2v) is 6.46. The molecule has 1 heterocycles. The number of hydrogen-bond donors (Lipinski definition) is 0. The first-order chi connectivity index (χ1) is 12.2. The molecule has 1 fully saturated rings. The van der Waals surface area contributed by atoms with Crippen LogP contribution in [0.15, 0.2) is 23.8 Å². The van der Waals surface area contributed by atoms with E-state index in [1.54, 1.807) is 0 Å². The maximum atomic E-state index is 12.2. The van der Waals surface area contributed by atoms with Gasteiger partial charge in [-0.2, -0.15) is 0 Å². The minimum Gasteiger partial charge on any atom is -0.490 e. The van der Waals surface area contributed by atoms with Gasteiger partial charge in [0.25, 0.3) is 0 Å². The molecule has 0 N–H and O–H groups in total. The Balaban J connectivity index is 2.17. The molecule has 1 aliphatic heterocycles. The number of piperidine rings is 1. The van der Waals surface area contributed by atoms with Crippen LogP contribution in [0, 0.1) is 0 Å². The number of Topliss-reactive ketones (excluding diaryl/α,β-unsaturated/α-hetero) is 1. The van der Waals surface area contributed by atoms with Crippen molar-refractivity contribution < 1.29 is 14.3 Å². The minimum atomic E-state index is 0.258. The Hall–Kier alpha value is -1.81. The lowest BCUT2D eigenvalue weighted by Gasteiger charge is -2.27. The third-order valence-electron chi connectivity index (χ3n) is 4.31. The first-order valence-corrected chi connectivity index (χ1v) is 9.53. The lowest BCUT2D eigenvalue weighted by Crippen LogP contribution is -2.36. The molecular weight excluding hydrogens is 314 g/mol. The van der Waals surface area contributed by atoms with Crippen molar-refractivity contribution in [1.29, 1.82) is 0 Å². The summed E-state index contributed by atoms with van der Waals surface area (Å²) in [5.41, 5.74) is 1.88. The third kappa shape index (κ3) is 5.89. The molecule has 0 saturated carbocycles. The van der Waals surface area contributed by atoms with Crippen molar-refractivity contribution in [3.8, 4) is 11.5 Å². The normalized spacial score (nSPS) is 17.1. The van der Waals surface area contributed by atoms with Gasteiger partial charge >= 0.3 is 0 Å². The topological polar surface area (TPSA) is 38.8 Å². The number of ketones is 1. The van der Waals surface area contributed by atoms with Gasteiger partial charge in [0, 0.05) is 25.1 Å². The fraction of sp³-hybridized carbons (Fsp3) is 0.571. The van der Waals surface area contributed by atoms with E-state index in [1.165, 1.54) is 0 Å². The second kappa shape index (κ2) is 10.2. The number of unbranched alkanes of at least 4 members (excludes halogenated alkanes) is 1. The van der Waals surface area contributed by atoms with Crippen LogP contribution in [0.3, 0.4) is 0 Å². The highest BCUT2D eigenvalue weighted by Crippen LogP contribution is 2.30. The van der Waals surface area contributed by atoms with Crippen LogP contribution < -0.4 is 9.47 Å². The molecule has 4 nitrogen and oxygen atoms in total. The molecule has 0 aliphatic carbocycles. The summed E-state index contributed by atoms with van der Waals surface area (Å²) in [6.45, 7) is 10.2. The molecule has 4 heteroatoms. The van der Waals surface area contributed by atoms with Gasteiger partial charge in [0.2, 0.25) is 0 Å². The number of rotatable bonds is 9. The van der Waals surface area contributed by atoms with Gasteiger partial charge in [-0.05, 0) is 50.1 Å². The van der Waals surface area contributed by atoms with Crippen molar-refractivity contribution in [2.75, 3.05) is 32.8 Å². The van der Waals surface area contributed by atoms with E-state index in [9.17, 15) is 4.79 Å². The average molecular weight is 345 g/mol. The van der Waals surface area contributed by atoms with Gasteiger partial charge in [-0.15, -0.1) is 0 Å². The van der Waals surface area contributed by atoms with Crippen LogP contribution in [0.2, 0.25) is 0 Å². The SMILES string of the molecule is CCCCOc1ccc(/C=C2\CN(CCC)CCC2=O)cc1OCC. The number of hydrogen-bond acceptors (Lipinski definition) is 4. The van der Waals surface area contributed by atoms with Gasteiger partial charge in [-0.25, -0.2) is 0 Å². The zero-order valence-electron chi connectivity index (χ0n) is 15.8. The lowest BCUT2D eigenvalue weighted by molar-refractivity contribution is -0.117. The first-order valence-electron chi connectivity index (χ1n) is 9.53. The highest BCUT2D eigenvalue weighted by atomic mass is 16.5. The summed E-state index contributed by atoms with van der Waals surface area (Å²) in [4.78, 5) is 14.6. The summed E-state index contributed by atoms with van der Waals surface area (Å²) < 4.78 is 11.6. The van der Waals surface area contributed by atoms with Crippen LogP contribution in [-0.4, -0.2) is 43.5 Å². The predicted octanol–water partition coefficient (Wildman–Crippen LogP) is 4.33. The monoisotopic (exact) mass is 345 g/mol. The molecule has 0 aromatic heterocycles. The number of benzene rings is 1. The van der Waals surface area contributed by atoms with Crippen LogP contribution in [0.1, 0.15) is 52.0 Å². The Bertz CT molecular complexity index is 595. The summed E-state index contributed by atoms with van der Waals surface area (Å²) in [6, 6.07) is 5.93. The molecule has 25 heavy (non-hydrogen) atoms. The maximum absolute atomic E-state index is 12.2. The molecule has 2 rings (SSSR count). The smallest absolute Gasteiger partial charge is 0.161 e. The van der Waals surface area contributed by atoms with Gasteiger partial charge in [-0.3, -0.25) is 9.69 Å². The number of nitrogens with zero attached hydrogens (tertiary/aromatic N) is 1. The molecule has 0 spiro atoms. The maximum Gasteiger partial charge on any atom is 0.161 e. The quantitative estimate of drug-likeness (QED) is 0.493. The van der Waals surface area contributed by atoms with E-state index in [-0.39, 0.29) is 5.78 Å². The van der Waals surface area contributed by atoms with E-state index in [2.05, 4.69) is 18.7 Å². The molecule has 1 aromatic carbocycles. The second-order valence-electron chi connectivity index (χ2n) is 6.46. The summed E-state index contributed by atoms with van der Waals surface area (Å²) in [7, 11) is 0. The Kier molecular flexibility index (Phi) is 7.99. The van der Waals surface area contributed by atoms with Gasteiger partial charge in [-0.1, -0.05) is 26.3 Å². The number of likely N-dealkylation sites (tertiary alicyclic amines) is 1. The zero-order valence-corrected chi connectivity index (χ0v) is 15.8. The van der Waals surface area contributed by atoms with Crippen molar-refractivity contribution >= 4 is 11.9 Å². The molecule has 1 aromatic rings. The van der Waals surface area contributed by atoms with Crippen molar-refractivity contribution in [1.82, 2.24) is 4.90 Å². The molecule has 0 radical (unpaired) electrons. The standard InChI is InChI=1S/C21H31NO3/c1-4-7-13-25-20-9-8-17(15-21(20)24-6-3)14-18-16-22(11-5-2)12-10-19(18)23/h8-9,14-15H,4-7,10-13,16H2,1-3H3/b18-14+. The highest BCUT2D eigenvalue weighted by molar-refractivity contribution is 6.00. The van der Waals surface area contributed by atoms with E-state index in [1.807, 2.05) is 31.2 Å². The van der Waals surface area contributed by atoms with Gasteiger partial charge in [0.05, 0.1) is 13.2 Å². The highest BCUT2D eigenvalue weighted by Gasteiger charge is 2.20. The number of carbonyl (C=O) groups excluding carboxylic acids is 1. The lowest BCUT2D eigenvalue weighted by atomic mass is 10.00. The fourth-order valence-electron chi connectivity index (χ4n) is 2.99. The van der Waals surface area contributed by atoms with Crippen LogP contribution in [0.25, 0.3) is 6.08 Å². The Morgan fingerprint density at radius 2 is 1.96 bits per heavy atom. The number of carbonyl (C=O) groups is 1. The van der Waals surface area contributed by atoms with Gasteiger partial charge in [0.1, 0.15) is 0 Å². The predicted molar refractivity (Wildman–Crippen MR) is 102 cm³/mol. The van der Waals surface area contributed by atoms with Crippen LogP contribution in [0.4, 0.5) is 0 Å². The van der Waals surface area contributed by atoms with Crippen LogP contribution in [0.5, 0.6) is 11.5 Å². The molecular formula is C21H31NO3. The molecule has 1 saturated heterocycles. The van der Waals surface area contributed by atoms with E-state index in [4.69, 9.17) is 9.47 Å². The van der Waals surface area contributed by atoms with E-state index >= 15 is 0 Å². The molecule has 0 atom stereocenters. The van der Waals surface area contributed by atoms with E-state index < -0.39 is 0 Å². The summed E-state index contributed by atoms with van der Waals surface area (Å²) in [6.07, 6.45) is 5.86. The average Bonchev–Trinajstić information content (AvgIpc) is 2.60. The minimum absolute atomic E-state index is 0.258. The van der Waals surface area contributed by atoms with Crippen molar-refractivity contribution in [3.63, 3.8) is 0 Å². The van der Waals surface area contributed by atoms with E-state index in [0.29, 0.717) is 19.6 Å². The van der Waals surface area contributed by atoms with Crippen LogP contribution >= 0.6 is 0 Å². The first kappa shape index (κ1) is 19.5. The molecule has 0 unspecified atom stereocenters. The summed E-state index contributed by atoms with van der Waals surface area (Å²) in [5, 5.41) is 0. The largest absolute Gasteiger partial charge is 0.490 e. The van der Waals surface area contributed by atoms with Crippen molar-refractivity contribution in [2.24, 2.45) is 0 Å². The summed E-state index contributed by atoms with van der Waals surface area (Å²) >= 11 is 0. The molecule has 0 amide bonds. The van der Waals surface area contributed by atoms with Crippen LogP contribution in [-0.2, 0) is 4.79 Å². The zero-order chi connectivity index (χ0) is 18.1. The summed E-state index contributed by atoms with van der Waals surface area (Å²) in [5.74, 6) is 1.79. The fourth-order valence-corrected chi connectivity index (χ4v) is 2.99. The molecule has 0 bridgehead atoms. The Morgan fingerprint density at radius 3 is 2.68 bits per heavy atom. The van der Waals surface area contributed by atoms with E-state index in [0.717, 1.165) is 61.5 Å². The van der Waals surface area contributed by atoms with Gasteiger partial charge in [0.15, 0.2) is 17.3 Å².